The number of amides is 1. The standard InChI is InChI=1S/C15H16BrFN4OS2/c1-9(13(22)18-12-5-4-10(16)8-11(12)17)23-15-20-19-14(24-15)21-6-2-3-7-21/h4-5,8-9H,2-3,6-7H2,1H3,(H,18,22). The predicted molar refractivity (Wildman–Crippen MR) is 99.4 cm³/mol. The van der Waals surface area contributed by atoms with Crippen LogP contribution in [0.3, 0.4) is 0 Å². The smallest absolute Gasteiger partial charge is 0.237 e. The van der Waals surface area contributed by atoms with E-state index in [1.54, 1.807) is 13.0 Å². The lowest BCUT2D eigenvalue weighted by Gasteiger charge is -2.12. The topological polar surface area (TPSA) is 58.1 Å². The molecule has 0 spiro atoms. The van der Waals surface area contributed by atoms with Crippen LogP contribution >= 0.6 is 39.0 Å². The molecule has 5 nitrogen and oxygen atoms in total. The van der Waals surface area contributed by atoms with Crippen molar-refractivity contribution >= 4 is 55.8 Å². The molecule has 1 N–H and O–H groups in total. The molecule has 1 aliphatic heterocycles. The summed E-state index contributed by atoms with van der Waals surface area (Å²) in [6, 6.07) is 4.54. The minimum absolute atomic E-state index is 0.172. The maximum absolute atomic E-state index is 13.8. The zero-order chi connectivity index (χ0) is 17.1. The third-order valence-electron chi connectivity index (χ3n) is 3.61. The van der Waals surface area contributed by atoms with Gasteiger partial charge in [-0.05, 0) is 38.0 Å². The largest absolute Gasteiger partial charge is 0.347 e. The Bertz CT molecular complexity index is 736. The molecule has 1 saturated heterocycles. The molecule has 3 rings (SSSR count). The Morgan fingerprint density at radius 3 is 2.88 bits per heavy atom. The van der Waals surface area contributed by atoms with E-state index < -0.39 is 11.1 Å². The summed E-state index contributed by atoms with van der Waals surface area (Å²) in [5, 5.41) is 11.5. The van der Waals surface area contributed by atoms with Crippen LogP contribution in [0.15, 0.2) is 27.0 Å². The van der Waals surface area contributed by atoms with Crippen LogP contribution in [0.25, 0.3) is 0 Å². The van der Waals surface area contributed by atoms with Crippen molar-refractivity contribution in [3.63, 3.8) is 0 Å². The molecule has 1 aliphatic rings. The molecular weight excluding hydrogens is 415 g/mol. The van der Waals surface area contributed by atoms with E-state index in [1.165, 1.54) is 48.1 Å². The highest BCUT2D eigenvalue weighted by atomic mass is 79.9. The van der Waals surface area contributed by atoms with E-state index in [9.17, 15) is 9.18 Å². The SMILES string of the molecule is CC(Sc1nnc(N2CCCC2)s1)C(=O)Nc1ccc(Br)cc1F. The summed E-state index contributed by atoms with van der Waals surface area (Å²) in [6.45, 7) is 3.80. The van der Waals surface area contributed by atoms with Crippen molar-refractivity contribution < 1.29 is 9.18 Å². The van der Waals surface area contributed by atoms with Crippen LogP contribution in [0.1, 0.15) is 19.8 Å². The van der Waals surface area contributed by atoms with E-state index in [1.807, 2.05) is 0 Å². The summed E-state index contributed by atoms with van der Waals surface area (Å²) in [7, 11) is 0. The number of nitrogens with one attached hydrogen (secondary N) is 1. The molecule has 1 atom stereocenters. The van der Waals surface area contributed by atoms with Crippen LogP contribution in [0.5, 0.6) is 0 Å². The summed E-state index contributed by atoms with van der Waals surface area (Å²) in [5.41, 5.74) is 0.172. The number of thioether (sulfide) groups is 1. The van der Waals surface area contributed by atoms with Crippen LogP contribution < -0.4 is 10.2 Å². The van der Waals surface area contributed by atoms with Gasteiger partial charge in [-0.3, -0.25) is 4.79 Å². The van der Waals surface area contributed by atoms with Crippen molar-refractivity contribution in [3.8, 4) is 0 Å². The molecule has 0 saturated carbocycles. The molecule has 24 heavy (non-hydrogen) atoms. The summed E-state index contributed by atoms with van der Waals surface area (Å²) in [5.74, 6) is -0.735. The number of aromatic nitrogens is 2. The minimum atomic E-state index is -0.470. The van der Waals surface area contributed by atoms with Crippen molar-refractivity contribution in [2.75, 3.05) is 23.3 Å². The highest BCUT2D eigenvalue weighted by Gasteiger charge is 2.21. The number of nitrogens with zero attached hydrogens (tertiary/aromatic N) is 3. The van der Waals surface area contributed by atoms with Gasteiger partial charge in [0.1, 0.15) is 5.82 Å². The lowest BCUT2D eigenvalue weighted by molar-refractivity contribution is -0.115. The summed E-state index contributed by atoms with van der Waals surface area (Å²) >= 11 is 6.02. The van der Waals surface area contributed by atoms with Crippen LogP contribution in [0.2, 0.25) is 0 Å². The molecular formula is C15H16BrFN4OS2. The molecule has 0 bridgehead atoms. The van der Waals surface area contributed by atoms with Gasteiger partial charge >= 0.3 is 0 Å². The van der Waals surface area contributed by atoms with Gasteiger partial charge in [0.05, 0.1) is 10.9 Å². The van der Waals surface area contributed by atoms with Gasteiger partial charge in [0.2, 0.25) is 11.0 Å². The second-order valence-corrected chi connectivity index (χ2v) is 8.88. The minimum Gasteiger partial charge on any atom is -0.347 e. The second-order valence-electron chi connectivity index (χ2n) is 5.42. The molecule has 2 heterocycles. The fourth-order valence-corrected chi connectivity index (χ4v) is 4.69. The number of carbonyl (C=O) groups excluding carboxylic acids is 1. The van der Waals surface area contributed by atoms with E-state index in [4.69, 9.17) is 0 Å². The van der Waals surface area contributed by atoms with Crippen LogP contribution in [0, 0.1) is 5.82 Å². The van der Waals surface area contributed by atoms with Crippen molar-refractivity contribution in [2.24, 2.45) is 0 Å². The summed E-state index contributed by atoms with van der Waals surface area (Å²) < 4.78 is 15.2. The number of halogens is 2. The average molecular weight is 431 g/mol. The molecule has 1 unspecified atom stereocenters. The van der Waals surface area contributed by atoms with E-state index in [2.05, 4.69) is 36.3 Å². The van der Waals surface area contributed by atoms with Gasteiger partial charge in [-0.25, -0.2) is 4.39 Å². The van der Waals surface area contributed by atoms with Crippen LogP contribution in [-0.4, -0.2) is 34.4 Å². The summed E-state index contributed by atoms with van der Waals surface area (Å²) in [4.78, 5) is 14.5. The lowest BCUT2D eigenvalue weighted by atomic mass is 10.3. The average Bonchev–Trinajstić information content (AvgIpc) is 3.20. The first-order valence-electron chi connectivity index (χ1n) is 7.54. The van der Waals surface area contributed by atoms with Gasteiger partial charge in [-0.15, -0.1) is 10.2 Å². The van der Waals surface area contributed by atoms with Crippen molar-refractivity contribution in [2.45, 2.75) is 29.4 Å². The Morgan fingerprint density at radius 1 is 1.42 bits per heavy atom. The van der Waals surface area contributed by atoms with Gasteiger partial charge in [0.25, 0.3) is 0 Å². The number of rotatable bonds is 5. The monoisotopic (exact) mass is 430 g/mol. The first-order valence-corrected chi connectivity index (χ1v) is 10.0. The van der Waals surface area contributed by atoms with Gasteiger partial charge in [0, 0.05) is 17.6 Å². The Balaban J connectivity index is 1.59. The van der Waals surface area contributed by atoms with E-state index in [-0.39, 0.29) is 11.6 Å². The van der Waals surface area contributed by atoms with Crippen molar-refractivity contribution in [1.29, 1.82) is 0 Å². The number of benzene rings is 1. The Kier molecular flexibility index (Phi) is 5.72. The van der Waals surface area contributed by atoms with Crippen molar-refractivity contribution in [1.82, 2.24) is 10.2 Å². The zero-order valence-electron chi connectivity index (χ0n) is 13.0. The first kappa shape index (κ1) is 17.6. The number of anilines is 2. The lowest BCUT2D eigenvalue weighted by Crippen LogP contribution is -2.22. The number of carbonyl (C=O) groups is 1. The van der Waals surface area contributed by atoms with E-state index >= 15 is 0 Å². The van der Waals surface area contributed by atoms with Gasteiger partial charge in [-0.1, -0.05) is 39.0 Å². The molecule has 2 aromatic rings. The van der Waals surface area contributed by atoms with Crippen LogP contribution in [-0.2, 0) is 4.79 Å². The highest BCUT2D eigenvalue weighted by molar-refractivity contribution is 9.10. The first-order chi connectivity index (χ1) is 11.5. The highest BCUT2D eigenvalue weighted by Crippen LogP contribution is 2.32. The predicted octanol–water partition coefficient (Wildman–Crippen LogP) is 4.16. The van der Waals surface area contributed by atoms with Crippen LogP contribution in [0.4, 0.5) is 15.2 Å². The molecule has 9 heteroatoms. The van der Waals surface area contributed by atoms with Gasteiger partial charge in [0.15, 0.2) is 4.34 Å². The van der Waals surface area contributed by atoms with Gasteiger partial charge in [-0.2, -0.15) is 0 Å². The number of hydrogen-bond donors (Lipinski definition) is 1. The molecule has 1 aromatic heterocycles. The Labute approximate surface area is 156 Å². The Hall–Kier alpha value is -1.19. The molecule has 0 aliphatic carbocycles. The fourth-order valence-electron chi connectivity index (χ4n) is 2.32. The molecule has 1 amide bonds. The molecule has 0 radical (unpaired) electrons. The third kappa shape index (κ3) is 4.25. The van der Waals surface area contributed by atoms with E-state index in [0.29, 0.717) is 4.47 Å². The molecule has 128 valence electrons. The van der Waals surface area contributed by atoms with E-state index in [0.717, 1.165) is 22.6 Å². The Morgan fingerprint density at radius 2 is 2.17 bits per heavy atom. The number of hydrogen-bond acceptors (Lipinski definition) is 6. The molecule has 1 fully saturated rings. The maximum Gasteiger partial charge on any atom is 0.237 e. The normalized spacial score (nSPS) is 15.5. The third-order valence-corrected chi connectivity index (χ3v) is 6.27. The quantitative estimate of drug-likeness (QED) is 0.721. The van der Waals surface area contributed by atoms with Gasteiger partial charge < -0.3 is 10.2 Å². The fraction of sp³-hybridized carbons (Fsp3) is 0.400. The van der Waals surface area contributed by atoms with Crippen molar-refractivity contribution in [3.05, 3.63) is 28.5 Å². The second kappa shape index (κ2) is 7.79. The molecule has 1 aromatic carbocycles. The zero-order valence-corrected chi connectivity index (χ0v) is 16.2. The summed E-state index contributed by atoms with van der Waals surface area (Å²) in [6.07, 6.45) is 2.36. The maximum atomic E-state index is 13.8.